The Morgan fingerprint density at radius 1 is 1.67 bits per heavy atom. The third-order valence-electron chi connectivity index (χ3n) is 2.98. The molecule has 1 aromatic heterocycles. The Morgan fingerprint density at radius 2 is 2.40 bits per heavy atom. The highest BCUT2D eigenvalue weighted by Gasteiger charge is 2.18. The second kappa shape index (κ2) is 3.92. The zero-order chi connectivity index (χ0) is 10.8. The van der Waals surface area contributed by atoms with E-state index in [1.165, 1.54) is 19.3 Å². The van der Waals surface area contributed by atoms with Crippen molar-refractivity contribution in [3.8, 4) is 0 Å². The van der Waals surface area contributed by atoms with Crippen LogP contribution >= 0.6 is 0 Å². The Labute approximate surface area is 87.9 Å². The first-order chi connectivity index (χ1) is 7.16. The summed E-state index contributed by atoms with van der Waals surface area (Å²) in [5, 5.41) is 12.7. The molecule has 0 amide bonds. The van der Waals surface area contributed by atoms with Gasteiger partial charge in [-0.3, -0.25) is 4.68 Å². The van der Waals surface area contributed by atoms with Gasteiger partial charge in [0, 0.05) is 12.7 Å². The van der Waals surface area contributed by atoms with Gasteiger partial charge in [0.25, 0.3) is 0 Å². The van der Waals surface area contributed by atoms with E-state index in [-0.39, 0.29) is 11.4 Å². The molecule has 0 atom stereocenters. The van der Waals surface area contributed by atoms with Gasteiger partial charge in [0.05, 0.1) is 5.69 Å². The Hall–Kier alpha value is -1.52. The second-order valence-electron chi connectivity index (χ2n) is 4.09. The number of hydrogen-bond donors (Lipinski definition) is 2. The molecule has 0 bridgehead atoms. The summed E-state index contributed by atoms with van der Waals surface area (Å²) in [6, 6.07) is 0. The minimum atomic E-state index is -1.06. The first kappa shape index (κ1) is 10.0. The number of nitrogen functional groups attached to an aromatic ring is 1. The van der Waals surface area contributed by atoms with Gasteiger partial charge in [0.15, 0.2) is 5.69 Å². The molecule has 0 saturated heterocycles. The normalized spacial score (nSPS) is 16.3. The van der Waals surface area contributed by atoms with E-state index in [2.05, 4.69) is 5.10 Å². The van der Waals surface area contributed by atoms with Gasteiger partial charge in [-0.05, 0) is 12.3 Å². The highest BCUT2D eigenvalue weighted by Crippen LogP contribution is 2.29. The van der Waals surface area contributed by atoms with Gasteiger partial charge in [-0.25, -0.2) is 4.79 Å². The summed E-state index contributed by atoms with van der Waals surface area (Å²) in [5.74, 6) is -0.265. The van der Waals surface area contributed by atoms with E-state index in [1.807, 2.05) is 0 Å². The van der Waals surface area contributed by atoms with Crippen molar-refractivity contribution in [2.45, 2.75) is 32.2 Å². The van der Waals surface area contributed by atoms with Gasteiger partial charge in [-0.2, -0.15) is 5.10 Å². The van der Waals surface area contributed by atoms with E-state index in [1.54, 1.807) is 10.9 Å². The maximum Gasteiger partial charge on any atom is 0.358 e. The van der Waals surface area contributed by atoms with Crippen LogP contribution in [0.3, 0.4) is 0 Å². The summed E-state index contributed by atoms with van der Waals surface area (Å²) in [6.45, 7) is 0.766. The molecule has 82 valence electrons. The monoisotopic (exact) mass is 209 g/mol. The number of aromatic carboxylic acids is 1. The van der Waals surface area contributed by atoms with Crippen molar-refractivity contribution in [1.29, 1.82) is 0 Å². The summed E-state index contributed by atoms with van der Waals surface area (Å²) >= 11 is 0. The SMILES string of the molecule is Nc1cn(CCC2CCC2)nc1C(=O)O. The summed E-state index contributed by atoms with van der Waals surface area (Å²) in [4.78, 5) is 10.7. The molecule has 0 spiro atoms. The number of carboxylic acids is 1. The highest BCUT2D eigenvalue weighted by atomic mass is 16.4. The number of carbonyl (C=O) groups is 1. The molecule has 3 N–H and O–H groups in total. The number of nitrogens with two attached hydrogens (primary N) is 1. The molecule has 0 aromatic carbocycles. The van der Waals surface area contributed by atoms with Gasteiger partial charge < -0.3 is 10.8 Å². The Morgan fingerprint density at radius 3 is 2.87 bits per heavy atom. The third-order valence-corrected chi connectivity index (χ3v) is 2.98. The van der Waals surface area contributed by atoms with Crippen molar-refractivity contribution in [3.05, 3.63) is 11.9 Å². The molecule has 15 heavy (non-hydrogen) atoms. The van der Waals surface area contributed by atoms with Gasteiger partial charge >= 0.3 is 5.97 Å². The number of anilines is 1. The molecule has 1 aromatic rings. The topological polar surface area (TPSA) is 81.1 Å². The third kappa shape index (κ3) is 2.11. The van der Waals surface area contributed by atoms with Crippen LogP contribution in [-0.2, 0) is 6.54 Å². The Kier molecular flexibility index (Phi) is 2.62. The molecule has 1 aliphatic rings. The van der Waals surface area contributed by atoms with E-state index in [0.717, 1.165) is 18.9 Å². The molecule has 0 unspecified atom stereocenters. The van der Waals surface area contributed by atoms with Crippen molar-refractivity contribution in [1.82, 2.24) is 9.78 Å². The average molecular weight is 209 g/mol. The van der Waals surface area contributed by atoms with E-state index in [9.17, 15) is 4.79 Å². The molecule has 5 heteroatoms. The van der Waals surface area contributed by atoms with Gasteiger partial charge in [0.2, 0.25) is 0 Å². The largest absolute Gasteiger partial charge is 0.476 e. The number of hydrogen-bond acceptors (Lipinski definition) is 3. The summed E-state index contributed by atoms with van der Waals surface area (Å²) in [7, 11) is 0. The number of carboxylic acid groups (broad SMARTS) is 1. The minimum absolute atomic E-state index is 0.0383. The predicted octanol–water partition coefficient (Wildman–Crippen LogP) is 1.35. The lowest BCUT2D eigenvalue weighted by atomic mass is 9.83. The van der Waals surface area contributed by atoms with E-state index >= 15 is 0 Å². The smallest absolute Gasteiger partial charge is 0.358 e. The van der Waals surface area contributed by atoms with Crippen LogP contribution in [0.15, 0.2) is 6.20 Å². The summed E-state index contributed by atoms with van der Waals surface area (Å²) in [6.07, 6.45) is 6.58. The maximum atomic E-state index is 10.7. The van der Waals surface area contributed by atoms with Crippen molar-refractivity contribution in [2.75, 3.05) is 5.73 Å². The van der Waals surface area contributed by atoms with Crippen LogP contribution in [0, 0.1) is 5.92 Å². The number of aromatic nitrogens is 2. The van der Waals surface area contributed by atoms with Gasteiger partial charge in [-0.1, -0.05) is 19.3 Å². The van der Waals surface area contributed by atoms with Crippen LogP contribution < -0.4 is 5.73 Å². The maximum absolute atomic E-state index is 10.7. The first-order valence-electron chi connectivity index (χ1n) is 5.23. The van der Waals surface area contributed by atoms with Crippen LogP contribution in [0.1, 0.15) is 36.2 Å². The molecule has 1 heterocycles. The van der Waals surface area contributed by atoms with Crippen molar-refractivity contribution in [2.24, 2.45) is 5.92 Å². The zero-order valence-electron chi connectivity index (χ0n) is 8.52. The van der Waals surface area contributed by atoms with Crippen molar-refractivity contribution < 1.29 is 9.90 Å². The van der Waals surface area contributed by atoms with E-state index < -0.39 is 5.97 Å². The van der Waals surface area contributed by atoms with E-state index in [0.29, 0.717) is 0 Å². The van der Waals surface area contributed by atoms with Crippen LogP contribution in [-0.4, -0.2) is 20.9 Å². The second-order valence-corrected chi connectivity index (χ2v) is 4.09. The zero-order valence-corrected chi connectivity index (χ0v) is 8.52. The Bertz CT molecular complexity index is 369. The fourth-order valence-corrected chi connectivity index (χ4v) is 1.81. The Balaban J connectivity index is 1.96. The van der Waals surface area contributed by atoms with Crippen LogP contribution in [0.5, 0.6) is 0 Å². The van der Waals surface area contributed by atoms with Crippen LogP contribution in [0.2, 0.25) is 0 Å². The van der Waals surface area contributed by atoms with Crippen molar-refractivity contribution >= 4 is 11.7 Å². The fraction of sp³-hybridized carbons (Fsp3) is 0.600. The lowest BCUT2D eigenvalue weighted by molar-refractivity contribution is 0.0690. The van der Waals surface area contributed by atoms with E-state index in [4.69, 9.17) is 10.8 Å². The van der Waals surface area contributed by atoms with Crippen LogP contribution in [0.4, 0.5) is 5.69 Å². The van der Waals surface area contributed by atoms with Gasteiger partial charge in [0.1, 0.15) is 0 Å². The van der Waals surface area contributed by atoms with Crippen molar-refractivity contribution in [3.63, 3.8) is 0 Å². The highest BCUT2D eigenvalue weighted by molar-refractivity contribution is 5.91. The number of nitrogens with zero attached hydrogens (tertiary/aromatic N) is 2. The number of rotatable bonds is 4. The molecule has 1 fully saturated rings. The molecule has 1 saturated carbocycles. The first-order valence-corrected chi connectivity index (χ1v) is 5.23. The molecule has 2 rings (SSSR count). The van der Waals surface area contributed by atoms with Gasteiger partial charge in [-0.15, -0.1) is 0 Å². The molecule has 0 aliphatic heterocycles. The fourth-order valence-electron chi connectivity index (χ4n) is 1.81. The number of aryl methyl sites for hydroxylation is 1. The molecule has 0 radical (unpaired) electrons. The lowest BCUT2D eigenvalue weighted by Crippen LogP contribution is -2.14. The average Bonchev–Trinajstić information content (AvgIpc) is 2.44. The summed E-state index contributed by atoms with van der Waals surface area (Å²) in [5.41, 5.74) is 5.74. The quantitative estimate of drug-likeness (QED) is 0.784. The summed E-state index contributed by atoms with van der Waals surface area (Å²) < 4.78 is 1.64. The lowest BCUT2D eigenvalue weighted by Gasteiger charge is -2.24. The minimum Gasteiger partial charge on any atom is -0.476 e. The standard InChI is InChI=1S/C10H15N3O2/c11-8-6-13(12-9(8)10(14)15)5-4-7-2-1-3-7/h6-7H,1-5,11H2,(H,14,15). The predicted molar refractivity (Wildman–Crippen MR) is 55.6 cm³/mol. The molecular weight excluding hydrogens is 194 g/mol. The molecular formula is C10H15N3O2. The molecule has 5 nitrogen and oxygen atoms in total. The molecule has 1 aliphatic carbocycles. The van der Waals surface area contributed by atoms with Crippen LogP contribution in [0.25, 0.3) is 0 Å².